The van der Waals surface area contributed by atoms with Crippen LogP contribution in [0.1, 0.15) is 15.9 Å². The highest BCUT2D eigenvalue weighted by atomic mass is 32.2. The van der Waals surface area contributed by atoms with Crippen molar-refractivity contribution >= 4 is 17.7 Å². The normalized spacial score (nSPS) is 16.1. The minimum Gasteiger partial charge on any atom is -0.389 e. The third-order valence-corrected chi connectivity index (χ3v) is 3.55. The zero-order chi connectivity index (χ0) is 11.7. The van der Waals surface area contributed by atoms with Gasteiger partial charge in [0.05, 0.1) is 6.10 Å². The van der Waals surface area contributed by atoms with Crippen molar-refractivity contribution in [2.24, 2.45) is 0 Å². The molecule has 0 atom stereocenters. The Hall–Kier alpha value is -1.00. The summed E-state index contributed by atoms with van der Waals surface area (Å²) < 4.78 is 0. The van der Waals surface area contributed by atoms with Crippen molar-refractivity contribution in [3.05, 3.63) is 29.3 Å². The van der Waals surface area contributed by atoms with Crippen molar-refractivity contribution in [2.45, 2.75) is 17.9 Å². The van der Waals surface area contributed by atoms with Gasteiger partial charge in [-0.15, -0.1) is 11.8 Å². The molecule has 1 amide bonds. The number of hydrogen-bond acceptors (Lipinski definition) is 3. The van der Waals surface area contributed by atoms with Gasteiger partial charge in [0.1, 0.15) is 0 Å². The van der Waals surface area contributed by atoms with E-state index in [0.29, 0.717) is 13.1 Å². The van der Waals surface area contributed by atoms with E-state index in [9.17, 15) is 9.90 Å². The van der Waals surface area contributed by atoms with Crippen LogP contribution in [0.5, 0.6) is 0 Å². The highest BCUT2D eigenvalue weighted by Gasteiger charge is 2.30. The van der Waals surface area contributed by atoms with Crippen molar-refractivity contribution in [1.82, 2.24) is 4.90 Å². The van der Waals surface area contributed by atoms with Crippen LogP contribution in [0.3, 0.4) is 0 Å². The summed E-state index contributed by atoms with van der Waals surface area (Å²) >= 11 is 1.63. The second-order valence-corrected chi connectivity index (χ2v) is 4.92. The molecule has 0 unspecified atom stereocenters. The van der Waals surface area contributed by atoms with Crippen LogP contribution < -0.4 is 0 Å². The average Bonchev–Trinajstić information content (AvgIpc) is 2.25. The molecule has 0 bridgehead atoms. The van der Waals surface area contributed by atoms with Gasteiger partial charge in [0, 0.05) is 23.5 Å². The molecule has 0 aromatic heterocycles. The third-order valence-electron chi connectivity index (χ3n) is 2.82. The number of carbonyl (C=O) groups excluding carboxylic acids is 1. The monoisotopic (exact) mass is 237 g/mol. The predicted molar refractivity (Wildman–Crippen MR) is 64.9 cm³/mol. The number of carbonyl (C=O) groups is 1. The van der Waals surface area contributed by atoms with Crippen LogP contribution in [0.25, 0.3) is 0 Å². The molecular formula is C12H15NO2S. The lowest BCUT2D eigenvalue weighted by molar-refractivity contribution is 0.00582. The average molecular weight is 237 g/mol. The van der Waals surface area contributed by atoms with Crippen LogP contribution in [0.2, 0.25) is 0 Å². The van der Waals surface area contributed by atoms with Crippen LogP contribution in [0, 0.1) is 6.92 Å². The van der Waals surface area contributed by atoms with Gasteiger partial charge < -0.3 is 10.0 Å². The van der Waals surface area contributed by atoms with Crippen LogP contribution in [0.15, 0.2) is 23.1 Å². The molecule has 1 saturated heterocycles. The van der Waals surface area contributed by atoms with E-state index in [0.717, 1.165) is 16.0 Å². The van der Waals surface area contributed by atoms with E-state index < -0.39 is 0 Å². The van der Waals surface area contributed by atoms with Crippen LogP contribution in [-0.4, -0.2) is 41.4 Å². The minimum atomic E-state index is -0.340. The maximum absolute atomic E-state index is 12.1. The Bertz CT molecular complexity index is 413. The number of β-amino-alcohol motifs (C(OH)–C–C–N with tert-alkyl or cyclic N) is 1. The number of likely N-dealkylation sites (tertiary alicyclic amines) is 1. The van der Waals surface area contributed by atoms with Gasteiger partial charge in [-0.3, -0.25) is 4.79 Å². The molecule has 0 spiro atoms. The van der Waals surface area contributed by atoms with Crippen molar-refractivity contribution in [1.29, 1.82) is 0 Å². The Balaban J connectivity index is 2.22. The van der Waals surface area contributed by atoms with Crippen molar-refractivity contribution in [2.75, 3.05) is 19.3 Å². The number of aliphatic hydroxyl groups is 1. The molecule has 86 valence electrons. The number of thioether (sulfide) groups is 1. The van der Waals surface area contributed by atoms with E-state index in [1.54, 1.807) is 16.7 Å². The van der Waals surface area contributed by atoms with Gasteiger partial charge in [-0.25, -0.2) is 0 Å². The smallest absolute Gasteiger partial charge is 0.254 e. The summed E-state index contributed by atoms with van der Waals surface area (Å²) in [7, 11) is 0. The second kappa shape index (κ2) is 4.47. The zero-order valence-electron chi connectivity index (χ0n) is 9.43. The molecule has 0 aliphatic carbocycles. The lowest BCUT2D eigenvalue weighted by atomic mass is 10.0. The molecule has 1 aliphatic heterocycles. The number of rotatable bonds is 2. The Kier molecular flexibility index (Phi) is 3.21. The van der Waals surface area contributed by atoms with Gasteiger partial charge in [-0.05, 0) is 30.9 Å². The summed E-state index contributed by atoms with van der Waals surface area (Å²) in [5.74, 6) is 0.0266. The Morgan fingerprint density at radius 3 is 2.75 bits per heavy atom. The van der Waals surface area contributed by atoms with Gasteiger partial charge in [-0.2, -0.15) is 0 Å². The fourth-order valence-electron chi connectivity index (χ4n) is 1.75. The first kappa shape index (κ1) is 11.5. The molecule has 1 aromatic rings. The summed E-state index contributed by atoms with van der Waals surface area (Å²) in [6.45, 7) is 2.86. The topological polar surface area (TPSA) is 40.5 Å². The Labute approximate surface area is 99.5 Å². The summed E-state index contributed by atoms with van der Waals surface area (Å²) in [4.78, 5) is 14.8. The number of aliphatic hydroxyl groups excluding tert-OH is 1. The first-order valence-corrected chi connectivity index (χ1v) is 6.46. The maximum atomic E-state index is 12.1. The molecule has 2 rings (SSSR count). The lowest BCUT2D eigenvalue weighted by Gasteiger charge is -2.36. The Morgan fingerprint density at radius 2 is 2.19 bits per heavy atom. The highest BCUT2D eigenvalue weighted by Crippen LogP contribution is 2.22. The molecule has 1 N–H and O–H groups in total. The zero-order valence-corrected chi connectivity index (χ0v) is 10.3. The summed E-state index contributed by atoms with van der Waals surface area (Å²) in [5.41, 5.74) is 1.74. The van der Waals surface area contributed by atoms with E-state index in [4.69, 9.17) is 0 Å². The number of aryl methyl sites for hydroxylation is 1. The molecule has 4 heteroatoms. The summed E-state index contributed by atoms with van der Waals surface area (Å²) in [5, 5.41) is 9.19. The molecule has 1 heterocycles. The second-order valence-electron chi connectivity index (χ2n) is 4.04. The third kappa shape index (κ3) is 2.08. The first-order valence-electron chi connectivity index (χ1n) is 5.24. The van der Waals surface area contributed by atoms with Crippen LogP contribution in [-0.2, 0) is 0 Å². The van der Waals surface area contributed by atoms with E-state index in [2.05, 4.69) is 0 Å². The van der Waals surface area contributed by atoms with E-state index in [-0.39, 0.29) is 12.0 Å². The van der Waals surface area contributed by atoms with Gasteiger partial charge in [0.2, 0.25) is 0 Å². The number of benzene rings is 1. The predicted octanol–water partition coefficient (Wildman–Crippen LogP) is 1.53. The Morgan fingerprint density at radius 1 is 1.50 bits per heavy atom. The molecule has 1 fully saturated rings. The molecule has 16 heavy (non-hydrogen) atoms. The maximum Gasteiger partial charge on any atom is 0.254 e. The molecule has 3 nitrogen and oxygen atoms in total. The largest absolute Gasteiger partial charge is 0.389 e. The SMILES string of the molecule is CSc1ccc(C)c(C(=O)N2CC(O)C2)c1. The molecule has 1 aromatic carbocycles. The minimum absolute atomic E-state index is 0.0266. The molecule has 0 saturated carbocycles. The van der Waals surface area contributed by atoms with Crippen LogP contribution >= 0.6 is 11.8 Å². The lowest BCUT2D eigenvalue weighted by Crippen LogP contribution is -2.53. The van der Waals surface area contributed by atoms with Crippen molar-refractivity contribution in [3.63, 3.8) is 0 Å². The fraction of sp³-hybridized carbons (Fsp3) is 0.417. The number of nitrogens with zero attached hydrogens (tertiary/aromatic N) is 1. The fourth-order valence-corrected chi connectivity index (χ4v) is 2.19. The van der Waals surface area contributed by atoms with Gasteiger partial charge in [0.25, 0.3) is 5.91 Å². The quantitative estimate of drug-likeness (QED) is 0.793. The van der Waals surface area contributed by atoms with Gasteiger partial charge in [0.15, 0.2) is 0 Å². The van der Waals surface area contributed by atoms with E-state index in [1.807, 2.05) is 31.4 Å². The molecule has 1 aliphatic rings. The van der Waals surface area contributed by atoms with Gasteiger partial charge in [-0.1, -0.05) is 6.07 Å². The summed E-state index contributed by atoms with van der Waals surface area (Å²) in [6.07, 6.45) is 1.65. The van der Waals surface area contributed by atoms with Gasteiger partial charge >= 0.3 is 0 Å². The van der Waals surface area contributed by atoms with Crippen LogP contribution in [0.4, 0.5) is 0 Å². The number of amides is 1. The van der Waals surface area contributed by atoms with Crippen molar-refractivity contribution < 1.29 is 9.90 Å². The van der Waals surface area contributed by atoms with Crippen molar-refractivity contribution in [3.8, 4) is 0 Å². The molecular weight excluding hydrogens is 222 g/mol. The standard InChI is InChI=1S/C12H15NO2S/c1-8-3-4-10(16-2)5-11(8)12(15)13-6-9(14)7-13/h3-5,9,14H,6-7H2,1-2H3. The first-order chi connectivity index (χ1) is 7.61. The number of hydrogen-bond donors (Lipinski definition) is 1. The van der Waals surface area contributed by atoms with E-state index >= 15 is 0 Å². The van der Waals surface area contributed by atoms with E-state index in [1.165, 1.54) is 0 Å². The summed E-state index contributed by atoms with van der Waals surface area (Å²) in [6, 6.07) is 5.91. The molecule has 0 radical (unpaired) electrons. The highest BCUT2D eigenvalue weighted by molar-refractivity contribution is 7.98.